The molecule has 2 rings (SSSR count). The molecule has 1 heterocycles. The molecule has 1 fully saturated rings. The Balaban J connectivity index is 2.04. The molecule has 92 valence electrons. The van der Waals surface area contributed by atoms with Crippen LogP contribution in [0.5, 0.6) is 0 Å². The highest BCUT2D eigenvalue weighted by Gasteiger charge is 2.23. The summed E-state index contributed by atoms with van der Waals surface area (Å²) in [5.41, 5.74) is 0.721. The number of hydrogen-bond acceptors (Lipinski definition) is 3. The molecule has 1 aliphatic heterocycles. The maximum atomic E-state index is 12.3. The zero-order valence-electron chi connectivity index (χ0n) is 9.93. The quantitative estimate of drug-likeness (QED) is 0.831. The Morgan fingerprint density at radius 2 is 2.00 bits per heavy atom. The fourth-order valence-corrected chi connectivity index (χ4v) is 3.06. The number of amides is 1. The summed E-state index contributed by atoms with van der Waals surface area (Å²) in [7, 11) is 0. The van der Waals surface area contributed by atoms with Gasteiger partial charge in [-0.15, -0.1) is 12.6 Å². The van der Waals surface area contributed by atoms with E-state index < -0.39 is 0 Å². The van der Waals surface area contributed by atoms with Crippen LogP contribution in [0.3, 0.4) is 0 Å². The molecule has 0 saturated carbocycles. The van der Waals surface area contributed by atoms with Crippen molar-refractivity contribution in [2.45, 2.75) is 23.0 Å². The fraction of sp³-hybridized carbons (Fsp3) is 0.462. The van der Waals surface area contributed by atoms with Crippen molar-refractivity contribution < 1.29 is 4.79 Å². The number of rotatable bonds is 2. The largest absolute Gasteiger partial charge is 0.339 e. The smallest absolute Gasteiger partial charge is 0.254 e. The monoisotopic (exact) mass is 267 g/mol. The van der Waals surface area contributed by atoms with Gasteiger partial charge in [-0.2, -0.15) is 11.8 Å². The first kappa shape index (κ1) is 12.8. The number of benzene rings is 1. The van der Waals surface area contributed by atoms with Gasteiger partial charge >= 0.3 is 0 Å². The van der Waals surface area contributed by atoms with Gasteiger partial charge in [-0.25, -0.2) is 0 Å². The first-order valence-corrected chi connectivity index (χ1v) is 7.56. The summed E-state index contributed by atoms with van der Waals surface area (Å²) in [6.45, 7) is 1.74. The van der Waals surface area contributed by atoms with Crippen LogP contribution < -0.4 is 0 Å². The number of piperidine rings is 1. The molecule has 0 spiro atoms. The molecule has 0 N–H and O–H groups in total. The predicted octanol–water partition coefficient (Wildman–Crippen LogP) is 2.94. The van der Waals surface area contributed by atoms with Crippen molar-refractivity contribution >= 4 is 30.3 Å². The zero-order chi connectivity index (χ0) is 12.3. The third-order valence-electron chi connectivity index (χ3n) is 3.20. The van der Waals surface area contributed by atoms with Crippen molar-refractivity contribution in [2.75, 3.05) is 19.3 Å². The lowest BCUT2D eigenvalue weighted by molar-refractivity contribution is 0.0724. The van der Waals surface area contributed by atoms with E-state index in [-0.39, 0.29) is 5.91 Å². The van der Waals surface area contributed by atoms with Crippen LogP contribution in [0.25, 0.3) is 0 Å². The normalized spacial score (nSPS) is 17.2. The van der Waals surface area contributed by atoms with Gasteiger partial charge in [0.15, 0.2) is 0 Å². The highest BCUT2D eigenvalue weighted by Crippen LogP contribution is 2.23. The average molecular weight is 267 g/mol. The van der Waals surface area contributed by atoms with Crippen LogP contribution in [0.15, 0.2) is 29.2 Å². The molecule has 0 aromatic heterocycles. The van der Waals surface area contributed by atoms with Crippen molar-refractivity contribution in [3.63, 3.8) is 0 Å². The molecular formula is C13H17NOS2. The second-order valence-electron chi connectivity index (χ2n) is 4.24. The molecule has 1 amide bonds. The van der Waals surface area contributed by atoms with Crippen LogP contribution in [0.1, 0.15) is 23.2 Å². The minimum Gasteiger partial charge on any atom is -0.339 e. The maximum absolute atomic E-state index is 12.3. The molecule has 0 bridgehead atoms. The minimum atomic E-state index is 0.121. The van der Waals surface area contributed by atoms with Crippen molar-refractivity contribution in [3.8, 4) is 0 Å². The van der Waals surface area contributed by atoms with E-state index in [0.717, 1.165) is 36.4 Å². The maximum Gasteiger partial charge on any atom is 0.254 e. The summed E-state index contributed by atoms with van der Waals surface area (Å²) in [6.07, 6.45) is 4.34. The second-order valence-corrected chi connectivity index (χ2v) is 5.86. The van der Waals surface area contributed by atoms with Gasteiger partial charge < -0.3 is 4.90 Å². The molecule has 0 atom stereocenters. The molecule has 0 radical (unpaired) electrons. The summed E-state index contributed by atoms with van der Waals surface area (Å²) >= 11 is 6.25. The lowest BCUT2D eigenvalue weighted by atomic mass is 10.1. The van der Waals surface area contributed by atoms with Gasteiger partial charge in [0, 0.05) is 23.2 Å². The number of hydrogen-bond donors (Lipinski definition) is 1. The molecule has 1 aromatic carbocycles. The van der Waals surface area contributed by atoms with Crippen molar-refractivity contribution in [2.24, 2.45) is 0 Å². The summed E-state index contributed by atoms with van der Waals surface area (Å²) in [6, 6.07) is 7.51. The molecular weight excluding hydrogens is 250 g/mol. The summed E-state index contributed by atoms with van der Waals surface area (Å²) < 4.78 is 0. The number of thiol groups is 1. The Morgan fingerprint density at radius 1 is 1.35 bits per heavy atom. The first-order valence-electron chi connectivity index (χ1n) is 5.82. The average Bonchev–Trinajstić information content (AvgIpc) is 2.39. The Labute approximate surface area is 112 Å². The van der Waals surface area contributed by atoms with Gasteiger partial charge in [-0.1, -0.05) is 12.1 Å². The van der Waals surface area contributed by atoms with E-state index in [2.05, 4.69) is 18.9 Å². The number of carbonyl (C=O) groups is 1. The molecule has 1 aromatic rings. The Hall–Kier alpha value is -0.610. The minimum absolute atomic E-state index is 0.121. The zero-order valence-corrected chi connectivity index (χ0v) is 11.6. The van der Waals surface area contributed by atoms with E-state index in [9.17, 15) is 4.79 Å². The molecule has 4 heteroatoms. The predicted molar refractivity (Wildman–Crippen MR) is 76.1 cm³/mol. The lowest BCUT2D eigenvalue weighted by Gasteiger charge is -2.31. The Bertz CT molecular complexity index is 400. The standard InChI is InChI=1S/C13H17NOS2/c1-17-10-6-8-14(9-7-10)13(15)11-4-2-3-5-12(11)16/h2-5,10,16H,6-9H2,1H3. The Morgan fingerprint density at radius 3 is 2.59 bits per heavy atom. The number of likely N-dealkylation sites (tertiary alicyclic amines) is 1. The molecule has 2 nitrogen and oxygen atoms in total. The number of nitrogens with zero attached hydrogens (tertiary/aromatic N) is 1. The van der Waals surface area contributed by atoms with Gasteiger partial charge in [0.1, 0.15) is 0 Å². The van der Waals surface area contributed by atoms with Crippen LogP contribution in [0, 0.1) is 0 Å². The third-order valence-corrected chi connectivity index (χ3v) is 4.73. The van der Waals surface area contributed by atoms with Crippen LogP contribution in [0.2, 0.25) is 0 Å². The molecule has 17 heavy (non-hydrogen) atoms. The highest BCUT2D eigenvalue weighted by molar-refractivity contribution is 7.99. The number of thioether (sulfide) groups is 1. The van der Waals surface area contributed by atoms with Crippen LogP contribution in [0.4, 0.5) is 0 Å². The van der Waals surface area contributed by atoms with E-state index in [1.54, 1.807) is 0 Å². The van der Waals surface area contributed by atoms with E-state index >= 15 is 0 Å². The van der Waals surface area contributed by atoms with Crippen LogP contribution in [-0.4, -0.2) is 35.4 Å². The van der Waals surface area contributed by atoms with E-state index in [4.69, 9.17) is 0 Å². The van der Waals surface area contributed by atoms with Gasteiger partial charge in [0.25, 0.3) is 5.91 Å². The summed E-state index contributed by atoms with van der Waals surface area (Å²) in [4.78, 5) is 15.0. The Kier molecular flexibility index (Phi) is 4.40. The van der Waals surface area contributed by atoms with Gasteiger partial charge in [0.2, 0.25) is 0 Å². The lowest BCUT2D eigenvalue weighted by Crippen LogP contribution is -2.39. The SMILES string of the molecule is CSC1CCN(C(=O)c2ccccc2S)CC1. The van der Waals surface area contributed by atoms with Crippen LogP contribution in [-0.2, 0) is 0 Å². The fourth-order valence-electron chi connectivity index (χ4n) is 2.12. The third kappa shape index (κ3) is 2.99. The molecule has 1 aliphatic rings. The van der Waals surface area contributed by atoms with E-state index in [1.165, 1.54) is 0 Å². The summed E-state index contributed by atoms with van der Waals surface area (Å²) in [5, 5.41) is 0.713. The molecule has 0 unspecified atom stereocenters. The summed E-state index contributed by atoms with van der Waals surface area (Å²) in [5.74, 6) is 0.121. The van der Waals surface area contributed by atoms with Crippen molar-refractivity contribution in [1.29, 1.82) is 0 Å². The second kappa shape index (κ2) is 5.83. The van der Waals surface area contributed by atoms with Gasteiger partial charge in [0.05, 0.1) is 5.56 Å². The molecule has 1 saturated heterocycles. The van der Waals surface area contributed by atoms with E-state index in [1.807, 2.05) is 40.9 Å². The first-order chi connectivity index (χ1) is 8.22. The topological polar surface area (TPSA) is 20.3 Å². The van der Waals surface area contributed by atoms with Crippen molar-refractivity contribution in [1.82, 2.24) is 4.90 Å². The van der Waals surface area contributed by atoms with E-state index in [0.29, 0.717) is 5.25 Å². The molecule has 0 aliphatic carbocycles. The van der Waals surface area contributed by atoms with Crippen LogP contribution >= 0.6 is 24.4 Å². The number of carbonyl (C=O) groups excluding carboxylic acids is 1. The van der Waals surface area contributed by atoms with Crippen molar-refractivity contribution in [3.05, 3.63) is 29.8 Å². The highest BCUT2D eigenvalue weighted by atomic mass is 32.2. The van der Waals surface area contributed by atoms with Gasteiger partial charge in [-0.05, 0) is 31.2 Å². The van der Waals surface area contributed by atoms with Gasteiger partial charge in [-0.3, -0.25) is 4.79 Å².